The van der Waals surface area contributed by atoms with Crippen molar-refractivity contribution in [3.05, 3.63) is 224 Å². The fourth-order valence-corrected chi connectivity index (χ4v) is 9.36. The maximum atomic E-state index is 6.25. The average molecular weight is 1040 g/mol. The number of furan rings is 1. The van der Waals surface area contributed by atoms with E-state index in [1.165, 1.54) is 49.5 Å². The van der Waals surface area contributed by atoms with Gasteiger partial charge in [-0.25, -0.2) is 0 Å². The molecule has 9 aromatic carbocycles. The van der Waals surface area contributed by atoms with Gasteiger partial charge in [-0.1, -0.05) is 166 Å². The molecule has 1 radical (unpaired) electrons. The number of hydrogen-bond donors (Lipinski definition) is 0. The molecule has 0 fully saturated rings. The van der Waals surface area contributed by atoms with Gasteiger partial charge in [0, 0.05) is 48.3 Å². The van der Waals surface area contributed by atoms with Crippen LogP contribution < -0.4 is 0 Å². The zero-order valence-electron chi connectivity index (χ0n) is 37.8. The van der Waals surface area contributed by atoms with Gasteiger partial charge in [-0.2, -0.15) is 0 Å². The molecule has 0 saturated heterocycles. The molecule has 0 atom stereocenters. The van der Waals surface area contributed by atoms with Gasteiger partial charge < -0.3 is 14.0 Å². The molecule has 0 aliphatic carbocycles. The van der Waals surface area contributed by atoms with Crippen LogP contribution in [0.1, 0.15) is 50.7 Å². The molecule has 0 amide bonds. The van der Waals surface area contributed by atoms with Gasteiger partial charge in [0.1, 0.15) is 11.2 Å². The Hall–Kier alpha value is -7.43. The van der Waals surface area contributed by atoms with E-state index in [0.29, 0.717) is 11.8 Å². The number of imidazole rings is 1. The van der Waals surface area contributed by atoms with Crippen molar-refractivity contribution in [1.82, 2.24) is 14.5 Å². The van der Waals surface area contributed by atoms with Crippen molar-refractivity contribution >= 4 is 54.5 Å². The summed E-state index contributed by atoms with van der Waals surface area (Å²) in [5.41, 5.74) is 15.3. The Morgan fingerprint density at radius 1 is 0.522 bits per heavy atom. The van der Waals surface area contributed by atoms with E-state index in [-0.39, 0.29) is 20.1 Å². The first-order chi connectivity index (χ1) is 32.4. The largest absolute Gasteiger partial charge is 0.456 e. The van der Waals surface area contributed by atoms with Crippen molar-refractivity contribution in [1.29, 1.82) is 0 Å². The number of fused-ring (bicyclic) bond motifs is 7. The van der Waals surface area contributed by atoms with Gasteiger partial charge in [0.05, 0.1) is 16.9 Å². The molecule has 5 heteroatoms. The summed E-state index contributed by atoms with van der Waals surface area (Å²) in [4.78, 5) is 9.85. The predicted octanol–water partition coefficient (Wildman–Crippen LogP) is 16.8. The molecule has 3 aromatic heterocycles. The van der Waals surface area contributed by atoms with Gasteiger partial charge in [-0.15, -0.1) is 65.0 Å². The number of pyridine rings is 1. The quantitative estimate of drug-likeness (QED) is 0.118. The molecule has 0 aliphatic heterocycles. The van der Waals surface area contributed by atoms with Gasteiger partial charge >= 0.3 is 0 Å². The average Bonchev–Trinajstić information content (AvgIpc) is 3.95. The molecule has 0 N–H and O–H groups in total. The van der Waals surface area contributed by atoms with E-state index in [1.807, 2.05) is 54.7 Å². The second kappa shape index (κ2) is 18.5. The van der Waals surface area contributed by atoms with E-state index >= 15 is 0 Å². The van der Waals surface area contributed by atoms with Crippen LogP contribution in [0.3, 0.4) is 0 Å². The molecule has 0 aliphatic rings. The van der Waals surface area contributed by atoms with Crippen LogP contribution in [0.4, 0.5) is 0 Å². The molecule has 3 heterocycles. The molecule has 67 heavy (non-hydrogen) atoms. The molecule has 327 valence electrons. The van der Waals surface area contributed by atoms with E-state index in [2.05, 4.69) is 195 Å². The van der Waals surface area contributed by atoms with E-state index < -0.39 is 0 Å². The fraction of sp³-hybridized carbons (Fsp3) is 0.0968. The Kier molecular flexibility index (Phi) is 12.0. The zero-order chi connectivity index (χ0) is 44.7. The van der Waals surface area contributed by atoms with Crippen molar-refractivity contribution in [2.24, 2.45) is 0 Å². The molecule has 4 nitrogen and oxygen atoms in total. The molecular formula is C62H47IrN3O-2. The van der Waals surface area contributed by atoms with Crippen LogP contribution in [0.15, 0.2) is 205 Å². The van der Waals surface area contributed by atoms with Crippen LogP contribution in [-0.4, -0.2) is 14.5 Å². The second-order valence-electron chi connectivity index (χ2n) is 17.6. The first kappa shape index (κ1) is 43.5. The fourth-order valence-electron chi connectivity index (χ4n) is 9.36. The van der Waals surface area contributed by atoms with Gasteiger partial charge in [-0.05, 0) is 81.1 Å². The number of rotatable bonds is 7. The van der Waals surface area contributed by atoms with Crippen molar-refractivity contribution in [2.75, 3.05) is 0 Å². The van der Waals surface area contributed by atoms with Crippen molar-refractivity contribution < 1.29 is 24.5 Å². The van der Waals surface area contributed by atoms with Crippen LogP contribution in [0.2, 0.25) is 0 Å². The number of hydrogen-bond acceptors (Lipinski definition) is 3. The first-order valence-corrected chi connectivity index (χ1v) is 22.8. The van der Waals surface area contributed by atoms with Crippen LogP contribution in [-0.2, 0) is 20.1 Å². The van der Waals surface area contributed by atoms with Crippen molar-refractivity contribution in [3.63, 3.8) is 0 Å². The summed E-state index contributed by atoms with van der Waals surface area (Å²) in [6.07, 6.45) is 1.89. The smallest absolute Gasteiger partial charge is 0.143 e. The topological polar surface area (TPSA) is 43.9 Å². The Bertz CT molecular complexity index is 3670. The SMILES string of the molecule is CC(C)c1cc(-c2ccccc2)cc(C(C)C)c1-n1c(-c2[c-]cc3c(ccc4ccccc43)c2)nc2ccccc21.[Ir].[c-]1ccccc1-c1cc2oc3c(-c4ccccc4)cccc3c2cn1. The van der Waals surface area contributed by atoms with E-state index in [4.69, 9.17) is 9.40 Å². The van der Waals surface area contributed by atoms with Crippen LogP contribution in [0.25, 0.3) is 105 Å². The minimum atomic E-state index is 0. The molecule has 0 bridgehead atoms. The summed E-state index contributed by atoms with van der Waals surface area (Å²) in [5, 5.41) is 7.04. The Balaban J connectivity index is 0.000000173. The van der Waals surface area contributed by atoms with Gasteiger partial charge in [0.15, 0.2) is 0 Å². The standard InChI is InChI=1S/C39H33N2.C23H14NO.Ir/c1-25(2)34-23-31(27-12-6-5-7-13-27)24-35(26(3)4)38(34)41-37-17-11-10-16-36(37)40-39(41)30-20-21-33-29(22-30)19-18-28-14-8-9-15-32(28)33;1-3-8-16(9-4-1)18-12-7-13-19-20-15-24-21(14-22(20)25-23(18)19)17-10-5-2-6-11-17;/h5-19,21-26H,1-4H3;1-10,12-15H;/q2*-1;. The molecule has 12 rings (SSSR count). The molecular weight excluding hydrogens is 995 g/mol. The maximum absolute atomic E-state index is 6.25. The molecule has 0 unspecified atom stereocenters. The summed E-state index contributed by atoms with van der Waals surface area (Å²) in [5.74, 6) is 1.58. The monoisotopic (exact) mass is 1040 g/mol. The summed E-state index contributed by atoms with van der Waals surface area (Å²) in [7, 11) is 0. The predicted molar refractivity (Wildman–Crippen MR) is 275 cm³/mol. The van der Waals surface area contributed by atoms with Crippen molar-refractivity contribution in [3.8, 4) is 50.6 Å². The molecule has 12 aromatic rings. The molecule has 0 spiro atoms. The van der Waals surface area contributed by atoms with E-state index in [1.54, 1.807) is 0 Å². The Morgan fingerprint density at radius 2 is 1.19 bits per heavy atom. The van der Waals surface area contributed by atoms with Crippen molar-refractivity contribution in [2.45, 2.75) is 39.5 Å². The number of para-hydroxylation sites is 3. The normalized spacial score (nSPS) is 11.4. The summed E-state index contributed by atoms with van der Waals surface area (Å²) >= 11 is 0. The third-order valence-electron chi connectivity index (χ3n) is 12.7. The minimum Gasteiger partial charge on any atom is -0.456 e. The Morgan fingerprint density at radius 3 is 1.94 bits per heavy atom. The number of nitrogens with zero attached hydrogens (tertiary/aromatic N) is 3. The minimum absolute atomic E-state index is 0. The van der Waals surface area contributed by atoms with E-state index in [0.717, 1.165) is 66.7 Å². The third kappa shape index (κ3) is 8.16. The third-order valence-corrected chi connectivity index (χ3v) is 12.7. The van der Waals surface area contributed by atoms with Gasteiger partial charge in [0.2, 0.25) is 0 Å². The number of benzene rings is 9. The maximum Gasteiger partial charge on any atom is 0.143 e. The number of aromatic nitrogens is 3. The summed E-state index contributed by atoms with van der Waals surface area (Å²) in [6, 6.07) is 74.6. The van der Waals surface area contributed by atoms with Crippen LogP contribution >= 0.6 is 0 Å². The Labute approximate surface area is 405 Å². The van der Waals surface area contributed by atoms with Crippen LogP contribution in [0.5, 0.6) is 0 Å². The first-order valence-electron chi connectivity index (χ1n) is 22.8. The second-order valence-corrected chi connectivity index (χ2v) is 17.6. The molecule has 0 saturated carbocycles. The summed E-state index contributed by atoms with van der Waals surface area (Å²) in [6.45, 7) is 9.18. The van der Waals surface area contributed by atoms with E-state index in [9.17, 15) is 0 Å². The van der Waals surface area contributed by atoms with Gasteiger partial charge in [-0.3, -0.25) is 4.98 Å². The zero-order valence-corrected chi connectivity index (χ0v) is 40.2. The van der Waals surface area contributed by atoms with Crippen LogP contribution in [0, 0.1) is 12.1 Å². The summed E-state index contributed by atoms with van der Waals surface area (Å²) < 4.78 is 8.64. The van der Waals surface area contributed by atoms with Gasteiger partial charge in [0.25, 0.3) is 0 Å².